The third-order valence-electron chi connectivity index (χ3n) is 7.03. The maximum atomic E-state index is 13.7. The largest absolute Gasteiger partial charge is 0.480 e. The zero-order valence-electron chi connectivity index (χ0n) is 23.6. The number of aliphatic hydroxyl groups is 1. The number of aliphatic hydroxyl groups excluding tert-OH is 1. The SMILES string of the molecule is CC(O)C(N)C(=O)NC(Cc1ccccc1)C(=O)NC(Cc1c[nH]c2ccccc12)C(=O)NC(CCCCN)C(=O)O. The second-order valence-corrected chi connectivity index (χ2v) is 10.3. The van der Waals surface area contributed by atoms with E-state index in [1.165, 1.54) is 6.92 Å². The maximum absolute atomic E-state index is 13.7. The summed E-state index contributed by atoms with van der Waals surface area (Å²) in [6.07, 6.45) is 2.00. The van der Waals surface area contributed by atoms with E-state index in [-0.39, 0.29) is 19.3 Å². The molecule has 10 N–H and O–H groups in total. The fourth-order valence-corrected chi connectivity index (χ4v) is 4.57. The highest BCUT2D eigenvalue weighted by atomic mass is 16.4. The standard InChI is InChI=1S/C30H40N6O6/c1-18(37)26(32)29(40)36-24(15-19-9-3-2-4-10-19)27(38)35-25(16-20-17-33-22-12-6-5-11-21(20)22)28(39)34-23(30(41)42)13-7-8-14-31/h2-6,9-12,17-18,23-26,33,37H,7-8,13-16,31-32H2,1H3,(H,34,39)(H,35,38)(H,36,40)(H,41,42). The van der Waals surface area contributed by atoms with Crippen molar-refractivity contribution in [1.82, 2.24) is 20.9 Å². The lowest BCUT2D eigenvalue weighted by atomic mass is 10.0. The Hall–Kier alpha value is -4.26. The van der Waals surface area contributed by atoms with Gasteiger partial charge in [-0.2, -0.15) is 0 Å². The smallest absolute Gasteiger partial charge is 0.326 e. The minimum absolute atomic E-state index is 0.0515. The second-order valence-electron chi connectivity index (χ2n) is 10.3. The number of fused-ring (bicyclic) bond motifs is 1. The Morgan fingerprint density at radius 2 is 1.43 bits per heavy atom. The summed E-state index contributed by atoms with van der Waals surface area (Å²) < 4.78 is 0. The van der Waals surface area contributed by atoms with Crippen molar-refractivity contribution in [2.45, 2.75) is 69.3 Å². The number of nitrogens with one attached hydrogen (secondary N) is 4. The summed E-state index contributed by atoms with van der Waals surface area (Å²) in [5.41, 5.74) is 13.7. The molecule has 12 nitrogen and oxygen atoms in total. The first-order chi connectivity index (χ1) is 20.1. The van der Waals surface area contributed by atoms with E-state index in [0.717, 1.165) is 22.0 Å². The number of unbranched alkanes of at least 4 members (excludes halogenated alkanes) is 1. The molecule has 42 heavy (non-hydrogen) atoms. The average Bonchev–Trinajstić information content (AvgIpc) is 3.38. The third-order valence-corrected chi connectivity index (χ3v) is 7.03. The molecule has 3 aromatic rings. The number of carboxylic acids is 1. The third kappa shape index (κ3) is 9.13. The Morgan fingerprint density at radius 1 is 0.833 bits per heavy atom. The highest BCUT2D eigenvalue weighted by Gasteiger charge is 2.31. The first-order valence-corrected chi connectivity index (χ1v) is 14.0. The van der Waals surface area contributed by atoms with E-state index in [2.05, 4.69) is 20.9 Å². The van der Waals surface area contributed by atoms with E-state index in [0.29, 0.717) is 19.4 Å². The number of hydrogen-bond donors (Lipinski definition) is 8. The fraction of sp³-hybridized carbons (Fsp3) is 0.400. The number of aliphatic carboxylic acids is 1. The molecule has 3 amide bonds. The monoisotopic (exact) mass is 580 g/mol. The molecule has 0 fully saturated rings. The van der Waals surface area contributed by atoms with Gasteiger partial charge in [-0.25, -0.2) is 4.79 Å². The van der Waals surface area contributed by atoms with Gasteiger partial charge in [0, 0.05) is 29.9 Å². The Bertz CT molecular complexity index is 1340. The number of nitrogens with two attached hydrogens (primary N) is 2. The van der Waals surface area contributed by atoms with E-state index in [4.69, 9.17) is 11.5 Å². The van der Waals surface area contributed by atoms with Crippen LogP contribution >= 0.6 is 0 Å². The van der Waals surface area contributed by atoms with Gasteiger partial charge in [-0.3, -0.25) is 14.4 Å². The fourth-order valence-electron chi connectivity index (χ4n) is 4.57. The van der Waals surface area contributed by atoms with Crippen LogP contribution in [-0.4, -0.2) is 75.7 Å². The summed E-state index contributed by atoms with van der Waals surface area (Å²) in [6, 6.07) is 11.7. The highest BCUT2D eigenvalue weighted by molar-refractivity contribution is 5.95. The van der Waals surface area contributed by atoms with Crippen LogP contribution in [-0.2, 0) is 32.0 Å². The molecule has 0 bridgehead atoms. The van der Waals surface area contributed by atoms with Crippen LogP contribution in [0, 0.1) is 0 Å². The molecule has 2 aromatic carbocycles. The number of carbonyl (C=O) groups is 4. The number of carboxylic acid groups (broad SMARTS) is 1. The van der Waals surface area contributed by atoms with Crippen molar-refractivity contribution in [3.05, 3.63) is 71.9 Å². The van der Waals surface area contributed by atoms with Crippen molar-refractivity contribution in [2.75, 3.05) is 6.54 Å². The normalized spacial score (nSPS) is 14.8. The Balaban J connectivity index is 1.88. The number of benzene rings is 2. The molecule has 0 aliphatic carbocycles. The van der Waals surface area contributed by atoms with Crippen LogP contribution < -0.4 is 27.4 Å². The lowest BCUT2D eigenvalue weighted by molar-refractivity contribution is -0.142. The van der Waals surface area contributed by atoms with Gasteiger partial charge in [-0.05, 0) is 49.9 Å². The number of H-pyrrole nitrogens is 1. The predicted octanol–water partition coefficient (Wildman–Crippen LogP) is 0.329. The topological polar surface area (TPSA) is 213 Å². The zero-order chi connectivity index (χ0) is 30.6. The van der Waals surface area contributed by atoms with Crippen LogP contribution in [0.3, 0.4) is 0 Å². The number of rotatable bonds is 16. The van der Waals surface area contributed by atoms with Gasteiger partial charge >= 0.3 is 5.97 Å². The lowest BCUT2D eigenvalue weighted by Crippen LogP contribution is -2.59. The van der Waals surface area contributed by atoms with Gasteiger partial charge in [0.05, 0.1) is 6.10 Å². The van der Waals surface area contributed by atoms with Crippen LogP contribution in [0.4, 0.5) is 0 Å². The summed E-state index contributed by atoms with van der Waals surface area (Å²) in [6.45, 7) is 1.76. The molecule has 0 aliphatic rings. The summed E-state index contributed by atoms with van der Waals surface area (Å²) >= 11 is 0. The number of aromatic amines is 1. The van der Waals surface area contributed by atoms with Gasteiger partial charge in [-0.15, -0.1) is 0 Å². The first-order valence-electron chi connectivity index (χ1n) is 14.0. The molecule has 0 spiro atoms. The summed E-state index contributed by atoms with van der Waals surface area (Å²) in [4.78, 5) is 55.0. The van der Waals surface area contributed by atoms with Crippen LogP contribution in [0.15, 0.2) is 60.8 Å². The number of aromatic nitrogens is 1. The van der Waals surface area contributed by atoms with Crippen LogP contribution in [0.5, 0.6) is 0 Å². The minimum atomic E-state index is -1.27. The van der Waals surface area contributed by atoms with Crippen LogP contribution in [0.1, 0.15) is 37.3 Å². The van der Waals surface area contributed by atoms with Crippen LogP contribution in [0.25, 0.3) is 10.9 Å². The molecule has 1 aromatic heterocycles. The molecule has 5 atom stereocenters. The van der Waals surface area contributed by atoms with Crippen molar-refractivity contribution in [2.24, 2.45) is 11.5 Å². The van der Waals surface area contributed by atoms with Gasteiger partial charge in [-0.1, -0.05) is 48.5 Å². The summed E-state index contributed by atoms with van der Waals surface area (Å²) in [5.74, 6) is -3.28. The van der Waals surface area contributed by atoms with Gasteiger partial charge in [0.15, 0.2) is 0 Å². The quantitative estimate of drug-likeness (QED) is 0.110. The maximum Gasteiger partial charge on any atom is 0.326 e. The van der Waals surface area contributed by atoms with Crippen molar-refractivity contribution in [3.8, 4) is 0 Å². The van der Waals surface area contributed by atoms with Crippen molar-refractivity contribution in [1.29, 1.82) is 0 Å². The zero-order valence-corrected chi connectivity index (χ0v) is 23.6. The van der Waals surface area contributed by atoms with Crippen molar-refractivity contribution >= 4 is 34.6 Å². The molecular weight excluding hydrogens is 540 g/mol. The minimum Gasteiger partial charge on any atom is -0.480 e. The highest BCUT2D eigenvalue weighted by Crippen LogP contribution is 2.19. The Kier molecular flexibility index (Phi) is 12.0. The van der Waals surface area contributed by atoms with Gasteiger partial charge in [0.25, 0.3) is 0 Å². The first kappa shape index (κ1) is 32.3. The average molecular weight is 581 g/mol. The molecule has 12 heteroatoms. The molecule has 3 rings (SSSR count). The van der Waals surface area contributed by atoms with Gasteiger partial charge in [0.1, 0.15) is 24.2 Å². The lowest BCUT2D eigenvalue weighted by Gasteiger charge is -2.26. The van der Waals surface area contributed by atoms with Crippen LogP contribution in [0.2, 0.25) is 0 Å². The Morgan fingerprint density at radius 3 is 2.07 bits per heavy atom. The van der Waals surface area contributed by atoms with Crippen molar-refractivity contribution < 1.29 is 29.4 Å². The van der Waals surface area contributed by atoms with E-state index >= 15 is 0 Å². The Labute approximate surface area is 244 Å². The van der Waals surface area contributed by atoms with Crippen molar-refractivity contribution in [3.63, 3.8) is 0 Å². The van der Waals surface area contributed by atoms with E-state index < -0.39 is 54.0 Å². The predicted molar refractivity (Wildman–Crippen MR) is 158 cm³/mol. The number of para-hydroxylation sites is 1. The second kappa shape index (κ2) is 15.7. The van der Waals surface area contributed by atoms with E-state index in [9.17, 15) is 29.4 Å². The molecular formula is C30H40N6O6. The summed E-state index contributed by atoms with van der Waals surface area (Å²) in [7, 11) is 0. The molecule has 0 aliphatic heterocycles. The van der Waals surface area contributed by atoms with E-state index in [1.54, 1.807) is 30.5 Å². The molecule has 1 heterocycles. The number of amides is 3. The molecule has 5 unspecified atom stereocenters. The number of hydrogen-bond acceptors (Lipinski definition) is 7. The molecule has 226 valence electrons. The molecule has 0 saturated carbocycles. The van der Waals surface area contributed by atoms with Gasteiger partial charge in [0.2, 0.25) is 17.7 Å². The molecule has 0 radical (unpaired) electrons. The number of carbonyl (C=O) groups excluding carboxylic acids is 3. The van der Waals surface area contributed by atoms with Gasteiger partial charge < -0.3 is 42.6 Å². The van der Waals surface area contributed by atoms with E-state index in [1.807, 2.05) is 30.3 Å². The molecule has 0 saturated heterocycles. The summed E-state index contributed by atoms with van der Waals surface area (Å²) in [5, 5.41) is 28.2.